The molecule has 1 aliphatic carbocycles. The van der Waals surface area contributed by atoms with Crippen molar-refractivity contribution < 1.29 is 4.42 Å². The van der Waals surface area contributed by atoms with Crippen molar-refractivity contribution in [2.24, 2.45) is 11.8 Å². The maximum atomic E-state index is 5.68. The van der Waals surface area contributed by atoms with Crippen LogP contribution in [0.25, 0.3) is 0 Å². The summed E-state index contributed by atoms with van der Waals surface area (Å²) in [6.45, 7) is 9.63. The molecule has 0 aromatic carbocycles. The third kappa shape index (κ3) is 3.93. The molecule has 2 N–H and O–H groups in total. The van der Waals surface area contributed by atoms with Crippen molar-refractivity contribution in [1.82, 2.24) is 15.5 Å². The van der Waals surface area contributed by atoms with Crippen LogP contribution >= 0.6 is 0 Å². The van der Waals surface area contributed by atoms with Crippen molar-refractivity contribution in [3.8, 4) is 0 Å². The smallest absolute Gasteiger partial charge is 0.315 e. The zero-order valence-corrected chi connectivity index (χ0v) is 12.4. The van der Waals surface area contributed by atoms with E-state index in [2.05, 4.69) is 41.6 Å². The summed E-state index contributed by atoms with van der Waals surface area (Å²) in [6.07, 6.45) is 3.69. The predicted molar refractivity (Wildman–Crippen MR) is 76.0 cm³/mol. The van der Waals surface area contributed by atoms with Crippen molar-refractivity contribution in [2.45, 2.75) is 59.0 Å². The zero-order chi connectivity index (χ0) is 13.8. The number of nitrogens with zero attached hydrogens (tertiary/aromatic N) is 2. The summed E-state index contributed by atoms with van der Waals surface area (Å²) in [4.78, 5) is 0. The number of rotatable bonds is 5. The van der Waals surface area contributed by atoms with Gasteiger partial charge in [-0.2, -0.15) is 0 Å². The molecule has 0 amide bonds. The van der Waals surface area contributed by atoms with E-state index in [9.17, 15) is 0 Å². The molecular formula is C14H26N4O. The average molecular weight is 266 g/mol. The molecule has 1 saturated carbocycles. The summed E-state index contributed by atoms with van der Waals surface area (Å²) in [5, 5.41) is 14.9. The van der Waals surface area contributed by atoms with Crippen LogP contribution in [0.2, 0.25) is 0 Å². The van der Waals surface area contributed by atoms with E-state index in [1.54, 1.807) is 0 Å². The first kappa shape index (κ1) is 14.3. The van der Waals surface area contributed by atoms with Crippen LogP contribution in [0.4, 0.5) is 6.01 Å². The Balaban J connectivity index is 1.92. The van der Waals surface area contributed by atoms with Crippen molar-refractivity contribution in [3.63, 3.8) is 0 Å². The molecule has 1 aromatic heterocycles. The second kappa shape index (κ2) is 6.37. The molecule has 1 aromatic rings. The highest BCUT2D eigenvalue weighted by atomic mass is 16.4. The van der Waals surface area contributed by atoms with E-state index in [0.29, 0.717) is 17.9 Å². The molecule has 108 valence electrons. The van der Waals surface area contributed by atoms with E-state index in [1.165, 1.54) is 19.3 Å². The average Bonchev–Trinajstić information content (AvgIpc) is 2.76. The lowest BCUT2D eigenvalue weighted by Crippen LogP contribution is -2.30. The number of hydrogen-bond acceptors (Lipinski definition) is 5. The van der Waals surface area contributed by atoms with Crippen LogP contribution in [0.5, 0.6) is 0 Å². The Morgan fingerprint density at radius 1 is 1.21 bits per heavy atom. The van der Waals surface area contributed by atoms with Gasteiger partial charge in [-0.1, -0.05) is 25.9 Å². The first-order valence-corrected chi connectivity index (χ1v) is 7.41. The van der Waals surface area contributed by atoms with Gasteiger partial charge in [-0.05, 0) is 44.6 Å². The molecule has 1 fully saturated rings. The second-order valence-corrected chi connectivity index (χ2v) is 5.98. The van der Waals surface area contributed by atoms with Gasteiger partial charge < -0.3 is 15.1 Å². The molecule has 3 atom stereocenters. The fourth-order valence-corrected chi connectivity index (χ4v) is 3.10. The fraction of sp³-hybridized carbons (Fsp3) is 0.857. The fourth-order valence-electron chi connectivity index (χ4n) is 3.10. The summed E-state index contributed by atoms with van der Waals surface area (Å²) in [7, 11) is 0. The highest BCUT2D eigenvalue weighted by Gasteiger charge is 2.25. The molecule has 0 bridgehead atoms. The van der Waals surface area contributed by atoms with Crippen molar-refractivity contribution in [3.05, 3.63) is 5.89 Å². The lowest BCUT2D eigenvalue weighted by atomic mass is 9.80. The molecule has 0 radical (unpaired) electrons. The summed E-state index contributed by atoms with van der Waals surface area (Å²) in [5.41, 5.74) is 0. The molecule has 0 spiro atoms. The Morgan fingerprint density at radius 3 is 2.53 bits per heavy atom. The maximum Gasteiger partial charge on any atom is 0.315 e. The standard InChI is InChI=1S/C14H26N4O/c1-5-15-11(4)13-17-18-14(19-13)16-12-7-9(2)6-10(3)8-12/h9-12,15H,5-8H2,1-4H3,(H,16,18). The van der Waals surface area contributed by atoms with Crippen LogP contribution in [0.1, 0.15) is 58.9 Å². The third-order valence-electron chi connectivity index (χ3n) is 3.83. The minimum Gasteiger partial charge on any atom is -0.406 e. The number of anilines is 1. The van der Waals surface area contributed by atoms with Crippen LogP contribution < -0.4 is 10.6 Å². The molecule has 5 nitrogen and oxygen atoms in total. The van der Waals surface area contributed by atoms with Gasteiger partial charge in [0, 0.05) is 6.04 Å². The van der Waals surface area contributed by atoms with Gasteiger partial charge in [0.05, 0.1) is 6.04 Å². The van der Waals surface area contributed by atoms with Gasteiger partial charge >= 0.3 is 6.01 Å². The molecule has 0 saturated heterocycles. The first-order valence-electron chi connectivity index (χ1n) is 7.41. The van der Waals surface area contributed by atoms with Gasteiger partial charge in [-0.3, -0.25) is 0 Å². The SMILES string of the molecule is CCNC(C)c1nnc(NC2CC(C)CC(C)C2)o1. The monoisotopic (exact) mass is 266 g/mol. The zero-order valence-electron chi connectivity index (χ0n) is 12.4. The lowest BCUT2D eigenvalue weighted by Gasteiger charge is -2.31. The highest BCUT2D eigenvalue weighted by molar-refractivity contribution is 5.20. The van der Waals surface area contributed by atoms with E-state index >= 15 is 0 Å². The molecule has 1 heterocycles. The minimum atomic E-state index is 0.109. The Labute approximate surface area is 115 Å². The summed E-state index contributed by atoms with van der Waals surface area (Å²) >= 11 is 0. The molecular weight excluding hydrogens is 240 g/mol. The van der Waals surface area contributed by atoms with Crippen LogP contribution in [-0.2, 0) is 0 Å². The summed E-state index contributed by atoms with van der Waals surface area (Å²) < 4.78 is 5.68. The Morgan fingerprint density at radius 2 is 1.89 bits per heavy atom. The van der Waals surface area contributed by atoms with Crippen molar-refractivity contribution in [1.29, 1.82) is 0 Å². The maximum absolute atomic E-state index is 5.68. The predicted octanol–water partition coefficient (Wildman–Crippen LogP) is 2.98. The van der Waals surface area contributed by atoms with E-state index in [-0.39, 0.29) is 6.04 Å². The quantitative estimate of drug-likeness (QED) is 0.858. The van der Waals surface area contributed by atoms with Crippen LogP contribution in [-0.4, -0.2) is 22.8 Å². The van der Waals surface area contributed by atoms with Crippen LogP contribution in [0, 0.1) is 11.8 Å². The number of hydrogen-bond donors (Lipinski definition) is 2. The van der Waals surface area contributed by atoms with E-state index in [0.717, 1.165) is 18.4 Å². The first-order chi connectivity index (χ1) is 9.08. The normalized spacial score (nSPS) is 29.2. The van der Waals surface area contributed by atoms with Gasteiger partial charge in [0.15, 0.2) is 0 Å². The van der Waals surface area contributed by atoms with E-state index in [1.807, 2.05) is 6.92 Å². The van der Waals surface area contributed by atoms with Crippen molar-refractivity contribution >= 4 is 6.01 Å². The largest absolute Gasteiger partial charge is 0.406 e. The summed E-state index contributed by atoms with van der Waals surface area (Å²) in [6, 6.07) is 1.13. The summed E-state index contributed by atoms with van der Waals surface area (Å²) in [5.74, 6) is 2.19. The Bertz CT molecular complexity index is 383. The molecule has 1 aliphatic rings. The Kier molecular flexibility index (Phi) is 4.80. The highest BCUT2D eigenvalue weighted by Crippen LogP contribution is 2.30. The van der Waals surface area contributed by atoms with E-state index in [4.69, 9.17) is 4.42 Å². The molecule has 2 rings (SSSR count). The van der Waals surface area contributed by atoms with Gasteiger partial charge in [0.1, 0.15) is 0 Å². The topological polar surface area (TPSA) is 63.0 Å². The third-order valence-corrected chi connectivity index (χ3v) is 3.83. The van der Waals surface area contributed by atoms with Crippen LogP contribution in [0.3, 0.4) is 0 Å². The molecule has 5 heteroatoms. The second-order valence-electron chi connectivity index (χ2n) is 5.98. The van der Waals surface area contributed by atoms with Gasteiger partial charge in [-0.25, -0.2) is 0 Å². The van der Waals surface area contributed by atoms with Gasteiger partial charge in [0.25, 0.3) is 0 Å². The molecule has 19 heavy (non-hydrogen) atoms. The van der Waals surface area contributed by atoms with Gasteiger partial charge in [-0.15, -0.1) is 5.10 Å². The minimum absolute atomic E-state index is 0.109. The van der Waals surface area contributed by atoms with Crippen molar-refractivity contribution in [2.75, 3.05) is 11.9 Å². The molecule has 3 unspecified atom stereocenters. The van der Waals surface area contributed by atoms with Crippen LogP contribution in [0.15, 0.2) is 4.42 Å². The molecule has 0 aliphatic heterocycles. The number of nitrogens with one attached hydrogen (secondary N) is 2. The lowest BCUT2D eigenvalue weighted by molar-refractivity contribution is 0.277. The number of aromatic nitrogens is 2. The van der Waals surface area contributed by atoms with E-state index < -0.39 is 0 Å². The Hall–Kier alpha value is -1.10. The van der Waals surface area contributed by atoms with Gasteiger partial charge in [0.2, 0.25) is 5.89 Å².